The Hall–Kier alpha value is -1.76. The Morgan fingerprint density at radius 3 is 2.16 bits per heavy atom. The Morgan fingerprint density at radius 2 is 1.48 bits per heavy atom. The van der Waals surface area contributed by atoms with E-state index in [1.54, 1.807) is 0 Å². The molecule has 0 fully saturated rings. The van der Waals surface area contributed by atoms with Gasteiger partial charge in [0.15, 0.2) is 0 Å². The number of aryl methyl sites for hydroxylation is 1. The van der Waals surface area contributed by atoms with Crippen molar-refractivity contribution in [3.63, 3.8) is 0 Å². The highest BCUT2D eigenvalue weighted by atomic mass is 14.7. The molecule has 1 aliphatic carbocycles. The quantitative estimate of drug-likeness (QED) is 0.561. The van der Waals surface area contributed by atoms with Gasteiger partial charge in [-0.15, -0.1) is 0 Å². The second-order valence-electron chi connectivity index (χ2n) is 9.63. The summed E-state index contributed by atoms with van der Waals surface area (Å²) in [5, 5.41) is 1.30. The molecule has 2 aromatic rings. The number of nitrogens with one attached hydrogen (secondary N) is 1. The molecular weight excluding hydrogens is 302 g/mol. The molecule has 1 atom stereocenters. The van der Waals surface area contributed by atoms with Crippen molar-refractivity contribution in [2.75, 3.05) is 0 Å². The van der Waals surface area contributed by atoms with E-state index in [1.807, 2.05) is 0 Å². The van der Waals surface area contributed by atoms with Crippen molar-refractivity contribution in [1.29, 1.82) is 0 Å². The van der Waals surface area contributed by atoms with Gasteiger partial charge in [-0.3, -0.25) is 0 Å². The first-order valence-electron chi connectivity index (χ1n) is 9.40. The highest BCUT2D eigenvalue weighted by Crippen LogP contribution is 2.63. The SMILES string of the molecule is Cc1[nH]c2ccccc2c1/C=C\C1(C)C=CC(C)(C)C(C)(C)C1(C)C. The minimum atomic E-state index is 0.0107. The summed E-state index contributed by atoms with van der Waals surface area (Å²) in [7, 11) is 0. The van der Waals surface area contributed by atoms with Crippen LogP contribution in [0.4, 0.5) is 0 Å². The molecule has 1 aromatic carbocycles. The number of hydrogen-bond donors (Lipinski definition) is 1. The maximum atomic E-state index is 3.51. The fraction of sp³-hybridized carbons (Fsp3) is 0.500. The van der Waals surface area contributed by atoms with E-state index in [1.165, 1.54) is 22.2 Å². The van der Waals surface area contributed by atoms with Crippen LogP contribution in [-0.4, -0.2) is 4.98 Å². The lowest BCUT2D eigenvalue weighted by atomic mass is 9.43. The first-order chi connectivity index (χ1) is 11.4. The molecule has 0 saturated heterocycles. The average molecular weight is 336 g/mol. The minimum absolute atomic E-state index is 0.0107. The van der Waals surface area contributed by atoms with Crippen LogP contribution in [0.2, 0.25) is 0 Å². The largest absolute Gasteiger partial charge is 0.358 e. The fourth-order valence-electron chi connectivity index (χ4n) is 4.31. The van der Waals surface area contributed by atoms with Crippen molar-refractivity contribution in [1.82, 2.24) is 4.98 Å². The van der Waals surface area contributed by atoms with Crippen LogP contribution >= 0.6 is 0 Å². The van der Waals surface area contributed by atoms with E-state index in [4.69, 9.17) is 0 Å². The molecule has 1 nitrogen and oxygen atoms in total. The molecule has 0 amide bonds. The zero-order valence-electron chi connectivity index (χ0n) is 17.1. The number of H-pyrrole nitrogens is 1. The van der Waals surface area contributed by atoms with Gasteiger partial charge in [-0.1, -0.05) is 91.0 Å². The van der Waals surface area contributed by atoms with Gasteiger partial charge in [0.25, 0.3) is 0 Å². The number of aromatic amines is 1. The maximum Gasteiger partial charge on any atom is 0.0462 e. The predicted molar refractivity (Wildman–Crippen MR) is 111 cm³/mol. The van der Waals surface area contributed by atoms with E-state index < -0.39 is 0 Å². The third-order valence-corrected chi connectivity index (χ3v) is 7.91. The molecule has 0 bridgehead atoms. The summed E-state index contributed by atoms with van der Waals surface area (Å²) in [6, 6.07) is 8.56. The molecular formula is C24H33N. The summed E-state index contributed by atoms with van der Waals surface area (Å²) in [6.45, 7) is 18.9. The van der Waals surface area contributed by atoms with E-state index in [9.17, 15) is 0 Å². The Morgan fingerprint density at radius 1 is 0.840 bits per heavy atom. The third-order valence-electron chi connectivity index (χ3n) is 7.91. The van der Waals surface area contributed by atoms with Gasteiger partial charge in [-0.05, 0) is 29.2 Å². The van der Waals surface area contributed by atoms with Crippen LogP contribution in [0.25, 0.3) is 17.0 Å². The second kappa shape index (κ2) is 5.37. The number of fused-ring (bicyclic) bond motifs is 1. The summed E-state index contributed by atoms with van der Waals surface area (Å²) in [5.41, 5.74) is 4.27. The molecule has 0 aliphatic heterocycles. The lowest BCUT2D eigenvalue weighted by molar-refractivity contribution is -0.0563. The molecule has 1 aromatic heterocycles. The van der Waals surface area contributed by atoms with E-state index in [0.717, 1.165) is 0 Å². The smallest absolute Gasteiger partial charge is 0.0462 e. The number of rotatable bonds is 2. The van der Waals surface area contributed by atoms with Crippen LogP contribution in [-0.2, 0) is 0 Å². The monoisotopic (exact) mass is 335 g/mol. The maximum absolute atomic E-state index is 3.51. The van der Waals surface area contributed by atoms with Gasteiger partial charge in [0.1, 0.15) is 0 Å². The zero-order valence-corrected chi connectivity index (χ0v) is 17.1. The minimum Gasteiger partial charge on any atom is -0.358 e. The van der Waals surface area contributed by atoms with Gasteiger partial charge in [-0.25, -0.2) is 0 Å². The molecule has 0 radical (unpaired) electrons. The van der Waals surface area contributed by atoms with Crippen LogP contribution in [0.5, 0.6) is 0 Å². The van der Waals surface area contributed by atoms with E-state index in [2.05, 4.69) is 109 Å². The first kappa shape index (κ1) is 18.0. The molecule has 25 heavy (non-hydrogen) atoms. The summed E-state index contributed by atoms with van der Waals surface area (Å²) in [5.74, 6) is 0. The van der Waals surface area contributed by atoms with Gasteiger partial charge in [-0.2, -0.15) is 0 Å². The Balaban J connectivity index is 2.10. The molecule has 0 saturated carbocycles. The fourth-order valence-corrected chi connectivity index (χ4v) is 4.31. The summed E-state index contributed by atoms with van der Waals surface area (Å²) in [6.07, 6.45) is 9.60. The van der Waals surface area contributed by atoms with Gasteiger partial charge in [0, 0.05) is 27.6 Å². The Bertz CT molecular complexity index is 857. The number of para-hydroxylation sites is 1. The second-order valence-corrected chi connectivity index (χ2v) is 9.63. The van der Waals surface area contributed by atoms with E-state index in [0.29, 0.717) is 0 Å². The third kappa shape index (κ3) is 2.43. The summed E-state index contributed by atoms with van der Waals surface area (Å²) >= 11 is 0. The lowest BCUT2D eigenvalue weighted by Gasteiger charge is -2.60. The van der Waals surface area contributed by atoms with Crippen molar-refractivity contribution in [3.8, 4) is 0 Å². The number of hydrogen-bond acceptors (Lipinski definition) is 0. The van der Waals surface area contributed by atoms with Crippen molar-refractivity contribution in [2.24, 2.45) is 21.7 Å². The van der Waals surface area contributed by atoms with E-state index >= 15 is 0 Å². The highest BCUT2D eigenvalue weighted by Gasteiger charge is 2.56. The van der Waals surface area contributed by atoms with Crippen molar-refractivity contribution in [2.45, 2.75) is 55.4 Å². The van der Waals surface area contributed by atoms with Gasteiger partial charge < -0.3 is 4.98 Å². The molecule has 1 unspecified atom stereocenters. The topological polar surface area (TPSA) is 15.8 Å². The highest BCUT2D eigenvalue weighted by molar-refractivity contribution is 5.90. The van der Waals surface area contributed by atoms with Gasteiger partial charge in [0.2, 0.25) is 0 Å². The number of allylic oxidation sites excluding steroid dienone is 3. The summed E-state index contributed by atoms with van der Waals surface area (Å²) in [4.78, 5) is 3.51. The van der Waals surface area contributed by atoms with Gasteiger partial charge >= 0.3 is 0 Å². The molecule has 0 spiro atoms. The van der Waals surface area contributed by atoms with Crippen LogP contribution in [0, 0.1) is 28.6 Å². The van der Waals surface area contributed by atoms with Crippen LogP contribution in [0.1, 0.15) is 59.7 Å². The van der Waals surface area contributed by atoms with Crippen LogP contribution in [0.3, 0.4) is 0 Å². The molecule has 3 rings (SSSR count). The Labute approximate surface area is 153 Å². The summed E-state index contributed by atoms with van der Waals surface area (Å²) < 4.78 is 0. The molecule has 1 heterocycles. The lowest BCUT2D eigenvalue weighted by Crippen LogP contribution is -2.53. The standard InChI is InChI=1S/C24H33N/c1-17-18(19-11-9-10-12-20(19)25-17)13-14-24(8)16-15-21(2,3)22(4,5)23(24,6)7/h9-16,25H,1-8H3/b14-13-. The zero-order chi connectivity index (χ0) is 18.7. The normalized spacial score (nSPS) is 27.2. The van der Waals surface area contributed by atoms with Crippen molar-refractivity contribution in [3.05, 3.63) is 53.8 Å². The molecule has 1 heteroatoms. The van der Waals surface area contributed by atoms with Crippen LogP contribution in [0.15, 0.2) is 42.5 Å². The van der Waals surface area contributed by atoms with Crippen LogP contribution < -0.4 is 0 Å². The first-order valence-corrected chi connectivity index (χ1v) is 9.40. The van der Waals surface area contributed by atoms with Gasteiger partial charge in [0.05, 0.1) is 0 Å². The molecule has 1 aliphatic rings. The average Bonchev–Trinajstić information content (AvgIpc) is 2.85. The Kier molecular flexibility index (Phi) is 3.87. The van der Waals surface area contributed by atoms with E-state index in [-0.39, 0.29) is 21.7 Å². The van der Waals surface area contributed by atoms with Crippen molar-refractivity contribution >= 4 is 17.0 Å². The predicted octanol–water partition coefficient (Wildman–Crippen LogP) is 7.14. The number of benzene rings is 1. The number of aromatic nitrogens is 1. The van der Waals surface area contributed by atoms with Crippen molar-refractivity contribution < 1.29 is 0 Å². The molecule has 134 valence electrons. The molecule has 1 N–H and O–H groups in total.